The van der Waals surface area contributed by atoms with Crippen molar-refractivity contribution in [1.82, 2.24) is 14.8 Å². The molecule has 1 atom stereocenters. The van der Waals surface area contributed by atoms with Gasteiger partial charge in [0.15, 0.2) is 5.82 Å². The molecule has 26 heavy (non-hydrogen) atoms. The van der Waals surface area contributed by atoms with Crippen LogP contribution in [0.4, 0.5) is 8.78 Å². The molecule has 0 bridgehead atoms. The maximum atomic E-state index is 14.2. The highest BCUT2D eigenvalue weighted by molar-refractivity contribution is 7.98. The number of aromatic nitrogens is 3. The van der Waals surface area contributed by atoms with Gasteiger partial charge in [-0.1, -0.05) is 23.8 Å². The third-order valence-corrected chi connectivity index (χ3v) is 5.65. The fourth-order valence-electron chi connectivity index (χ4n) is 3.32. The summed E-state index contributed by atoms with van der Waals surface area (Å²) in [7, 11) is 0. The Balaban J connectivity index is 1.56. The van der Waals surface area contributed by atoms with Crippen LogP contribution in [0, 0.1) is 18.6 Å². The number of hydrogen-bond acceptors (Lipinski definition) is 3. The SMILES string of the molecule is Cc1ccc(SCc2nc3n(n2)CCCC3c2ccc(F)cc2F)cc1. The number of hydrogen-bond donors (Lipinski definition) is 0. The van der Waals surface area contributed by atoms with E-state index in [4.69, 9.17) is 0 Å². The largest absolute Gasteiger partial charge is 0.249 e. The molecule has 0 aliphatic carbocycles. The molecule has 1 unspecified atom stereocenters. The second kappa shape index (κ2) is 7.19. The molecule has 6 heteroatoms. The van der Waals surface area contributed by atoms with Crippen LogP contribution in [0.3, 0.4) is 0 Å². The minimum Gasteiger partial charge on any atom is -0.249 e. The van der Waals surface area contributed by atoms with E-state index in [2.05, 4.69) is 41.3 Å². The minimum absolute atomic E-state index is 0.171. The van der Waals surface area contributed by atoms with E-state index in [0.29, 0.717) is 11.3 Å². The Morgan fingerprint density at radius 1 is 1.15 bits per heavy atom. The summed E-state index contributed by atoms with van der Waals surface area (Å²) in [5.41, 5.74) is 1.73. The Morgan fingerprint density at radius 2 is 1.96 bits per heavy atom. The lowest BCUT2D eigenvalue weighted by Gasteiger charge is -2.22. The number of fused-ring (bicyclic) bond motifs is 1. The van der Waals surface area contributed by atoms with Gasteiger partial charge in [0, 0.05) is 23.4 Å². The maximum Gasteiger partial charge on any atom is 0.161 e. The van der Waals surface area contributed by atoms with E-state index in [1.165, 1.54) is 22.6 Å². The average molecular weight is 371 g/mol. The molecule has 2 aromatic carbocycles. The molecular weight excluding hydrogens is 352 g/mol. The topological polar surface area (TPSA) is 30.7 Å². The fourth-order valence-corrected chi connectivity index (χ4v) is 4.07. The van der Waals surface area contributed by atoms with Gasteiger partial charge < -0.3 is 0 Å². The first kappa shape index (κ1) is 17.2. The van der Waals surface area contributed by atoms with Gasteiger partial charge in [0.2, 0.25) is 0 Å². The summed E-state index contributed by atoms with van der Waals surface area (Å²) in [5, 5.41) is 4.59. The van der Waals surface area contributed by atoms with Gasteiger partial charge in [-0.25, -0.2) is 18.4 Å². The smallest absolute Gasteiger partial charge is 0.161 e. The zero-order valence-electron chi connectivity index (χ0n) is 14.5. The number of nitrogens with zero attached hydrogens (tertiary/aromatic N) is 3. The van der Waals surface area contributed by atoms with Crippen molar-refractivity contribution in [3.8, 4) is 0 Å². The molecular formula is C20H19F2N3S. The predicted octanol–water partition coefficient (Wildman–Crippen LogP) is 5.08. The van der Waals surface area contributed by atoms with Crippen LogP contribution in [0.1, 0.15) is 41.5 Å². The highest BCUT2D eigenvalue weighted by Gasteiger charge is 2.28. The van der Waals surface area contributed by atoms with E-state index in [1.807, 2.05) is 4.68 Å². The molecule has 0 fully saturated rings. The van der Waals surface area contributed by atoms with Crippen molar-refractivity contribution in [3.63, 3.8) is 0 Å². The molecule has 0 spiro atoms. The van der Waals surface area contributed by atoms with Crippen LogP contribution in [-0.4, -0.2) is 14.8 Å². The molecule has 0 saturated heterocycles. The molecule has 1 aromatic heterocycles. The van der Waals surface area contributed by atoms with Crippen molar-refractivity contribution in [2.75, 3.05) is 0 Å². The summed E-state index contributed by atoms with van der Waals surface area (Å²) < 4.78 is 29.3. The lowest BCUT2D eigenvalue weighted by molar-refractivity contribution is 0.435. The predicted molar refractivity (Wildman–Crippen MR) is 98.2 cm³/mol. The molecule has 134 valence electrons. The Hall–Kier alpha value is -2.21. The van der Waals surface area contributed by atoms with Crippen LogP contribution in [0.5, 0.6) is 0 Å². The standard InChI is InChI=1S/C20H19F2N3S/c1-13-4-7-15(8-5-13)26-12-19-23-20-17(3-2-10-25(20)24-19)16-9-6-14(21)11-18(16)22/h4-9,11,17H,2-3,10,12H2,1H3. The van der Waals surface area contributed by atoms with Gasteiger partial charge in [0.05, 0.1) is 5.75 Å². The van der Waals surface area contributed by atoms with Crippen LogP contribution in [0.2, 0.25) is 0 Å². The molecule has 0 radical (unpaired) electrons. The number of benzene rings is 2. The third-order valence-electron chi connectivity index (χ3n) is 4.65. The summed E-state index contributed by atoms with van der Waals surface area (Å²) >= 11 is 1.69. The van der Waals surface area contributed by atoms with Gasteiger partial charge >= 0.3 is 0 Å². The van der Waals surface area contributed by atoms with Gasteiger partial charge in [0.1, 0.15) is 17.5 Å². The van der Waals surface area contributed by atoms with E-state index in [0.717, 1.165) is 37.1 Å². The molecule has 1 aliphatic rings. The van der Waals surface area contributed by atoms with E-state index in [-0.39, 0.29) is 5.92 Å². The van der Waals surface area contributed by atoms with Crippen molar-refractivity contribution in [1.29, 1.82) is 0 Å². The monoisotopic (exact) mass is 371 g/mol. The molecule has 3 aromatic rings. The second-order valence-electron chi connectivity index (χ2n) is 6.57. The van der Waals surface area contributed by atoms with E-state index in [1.54, 1.807) is 11.8 Å². The van der Waals surface area contributed by atoms with Crippen LogP contribution < -0.4 is 0 Å². The van der Waals surface area contributed by atoms with Crippen molar-refractivity contribution in [3.05, 3.63) is 76.9 Å². The van der Waals surface area contributed by atoms with Gasteiger partial charge in [-0.15, -0.1) is 11.8 Å². The van der Waals surface area contributed by atoms with Gasteiger partial charge in [-0.05, 0) is 43.5 Å². The maximum absolute atomic E-state index is 14.2. The quantitative estimate of drug-likeness (QED) is 0.599. The summed E-state index contributed by atoms with van der Waals surface area (Å²) in [6, 6.07) is 12.1. The van der Waals surface area contributed by atoms with E-state index >= 15 is 0 Å². The molecule has 2 heterocycles. The summed E-state index contributed by atoms with van der Waals surface area (Å²) in [6.45, 7) is 2.85. The number of rotatable bonds is 4. The van der Waals surface area contributed by atoms with Crippen LogP contribution in [-0.2, 0) is 12.3 Å². The van der Waals surface area contributed by atoms with Crippen molar-refractivity contribution < 1.29 is 8.78 Å². The minimum atomic E-state index is -0.557. The van der Waals surface area contributed by atoms with Gasteiger partial charge in [-0.2, -0.15) is 5.10 Å². The Morgan fingerprint density at radius 3 is 2.73 bits per heavy atom. The zero-order chi connectivity index (χ0) is 18.1. The summed E-state index contributed by atoms with van der Waals surface area (Å²) in [5.74, 6) is 0.957. The first-order valence-corrected chi connectivity index (χ1v) is 9.67. The number of thioether (sulfide) groups is 1. The molecule has 0 amide bonds. The molecule has 0 N–H and O–H groups in total. The number of aryl methyl sites for hydroxylation is 2. The second-order valence-corrected chi connectivity index (χ2v) is 7.62. The van der Waals surface area contributed by atoms with Crippen LogP contribution in [0.25, 0.3) is 0 Å². The first-order valence-electron chi connectivity index (χ1n) is 8.68. The third kappa shape index (κ3) is 3.51. The van der Waals surface area contributed by atoms with Crippen molar-refractivity contribution in [2.24, 2.45) is 0 Å². The average Bonchev–Trinajstić information content (AvgIpc) is 3.05. The molecule has 1 aliphatic heterocycles. The highest BCUT2D eigenvalue weighted by Crippen LogP contribution is 2.34. The Kier molecular flexibility index (Phi) is 4.76. The molecule has 3 nitrogen and oxygen atoms in total. The van der Waals surface area contributed by atoms with Crippen LogP contribution in [0.15, 0.2) is 47.4 Å². The lowest BCUT2D eigenvalue weighted by atomic mass is 9.91. The van der Waals surface area contributed by atoms with Gasteiger partial charge in [0.25, 0.3) is 0 Å². The molecule has 4 rings (SSSR count). The Labute approximate surface area is 155 Å². The zero-order valence-corrected chi connectivity index (χ0v) is 15.3. The van der Waals surface area contributed by atoms with E-state index in [9.17, 15) is 8.78 Å². The lowest BCUT2D eigenvalue weighted by Crippen LogP contribution is -2.18. The normalized spacial score (nSPS) is 16.5. The summed E-state index contributed by atoms with van der Waals surface area (Å²) in [6.07, 6.45) is 1.70. The summed E-state index contributed by atoms with van der Waals surface area (Å²) in [4.78, 5) is 5.85. The van der Waals surface area contributed by atoms with Gasteiger partial charge in [-0.3, -0.25) is 0 Å². The highest BCUT2D eigenvalue weighted by atomic mass is 32.2. The first-order chi connectivity index (χ1) is 12.6. The fraction of sp³-hybridized carbons (Fsp3) is 0.300. The van der Waals surface area contributed by atoms with E-state index < -0.39 is 11.6 Å². The Bertz CT molecular complexity index is 921. The molecule has 0 saturated carbocycles. The van der Waals surface area contributed by atoms with Crippen LogP contribution >= 0.6 is 11.8 Å². The van der Waals surface area contributed by atoms with Crippen molar-refractivity contribution >= 4 is 11.8 Å². The number of halogens is 2. The van der Waals surface area contributed by atoms with Crippen molar-refractivity contribution in [2.45, 2.75) is 42.9 Å².